The monoisotopic (exact) mass is 256 g/mol. The third-order valence-electron chi connectivity index (χ3n) is 4.48. The zero-order valence-electron chi connectivity index (χ0n) is 12.9. The molecule has 3 nitrogen and oxygen atoms in total. The Morgan fingerprint density at radius 3 is 2.33 bits per heavy atom. The second-order valence-electron chi connectivity index (χ2n) is 7.06. The quantitative estimate of drug-likeness (QED) is 0.765. The molecule has 1 fully saturated rings. The van der Waals surface area contributed by atoms with Gasteiger partial charge in [-0.25, -0.2) is 0 Å². The number of nitrogens with zero attached hydrogens (tertiary/aromatic N) is 1. The van der Waals surface area contributed by atoms with Crippen LogP contribution in [0, 0.1) is 5.41 Å². The van der Waals surface area contributed by atoms with E-state index in [0.29, 0.717) is 11.5 Å². The zero-order valence-corrected chi connectivity index (χ0v) is 12.9. The number of rotatable bonds is 6. The van der Waals surface area contributed by atoms with Gasteiger partial charge in [-0.1, -0.05) is 20.8 Å². The van der Waals surface area contributed by atoms with Crippen molar-refractivity contribution in [3.63, 3.8) is 0 Å². The van der Waals surface area contributed by atoms with Crippen LogP contribution in [0.4, 0.5) is 0 Å². The van der Waals surface area contributed by atoms with Crippen molar-refractivity contribution >= 4 is 0 Å². The van der Waals surface area contributed by atoms with Crippen LogP contribution in [0.2, 0.25) is 0 Å². The van der Waals surface area contributed by atoms with E-state index in [-0.39, 0.29) is 12.1 Å². The summed E-state index contributed by atoms with van der Waals surface area (Å²) in [6.45, 7) is 11.0. The molecule has 108 valence electrons. The molecule has 1 atom stereocenters. The molecule has 0 spiro atoms. The molecule has 1 aliphatic rings. The van der Waals surface area contributed by atoms with Crippen LogP contribution in [0.25, 0.3) is 0 Å². The van der Waals surface area contributed by atoms with Gasteiger partial charge in [0.15, 0.2) is 0 Å². The molecule has 18 heavy (non-hydrogen) atoms. The number of aliphatic hydroxyl groups excluding tert-OH is 1. The lowest BCUT2D eigenvalue weighted by Crippen LogP contribution is -2.55. The lowest BCUT2D eigenvalue weighted by molar-refractivity contribution is 0.0788. The van der Waals surface area contributed by atoms with Crippen molar-refractivity contribution in [2.75, 3.05) is 26.7 Å². The number of hydrogen-bond donors (Lipinski definition) is 2. The first kappa shape index (κ1) is 15.9. The van der Waals surface area contributed by atoms with Crippen molar-refractivity contribution in [2.24, 2.45) is 5.41 Å². The molecule has 1 saturated carbocycles. The molecule has 0 aromatic heterocycles. The van der Waals surface area contributed by atoms with Gasteiger partial charge < -0.3 is 15.3 Å². The van der Waals surface area contributed by atoms with Crippen LogP contribution in [0.3, 0.4) is 0 Å². The van der Waals surface area contributed by atoms with Crippen LogP contribution >= 0.6 is 0 Å². The van der Waals surface area contributed by atoms with Gasteiger partial charge >= 0.3 is 0 Å². The standard InChI is InChI=1S/C15H32N2O/c1-6-16-15(4,12-18)11-17(5)13-7-9-14(2,3)10-8-13/h13,16,18H,6-12H2,1-5H3. The molecule has 0 aliphatic heterocycles. The molecule has 3 heteroatoms. The maximum atomic E-state index is 9.56. The summed E-state index contributed by atoms with van der Waals surface area (Å²) >= 11 is 0. The Balaban J connectivity index is 2.47. The zero-order chi connectivity index (χ0) is 13.8. The maximum absolute atomic E-state index is 9.56. The number of nitrogens with one attached hydrogen (secondary N) is 1. The minimum atomic E-state index is -0.170. The lowest BCUT2D eigenvalue weighted by Gasteiger charge is -2.42. The van der Waals surface area contributed by atoms with E-state index in [0.717, 1.165) is 13.1 Å². The van der Waals surface area contributed by atoms with Gasteiger partial charge in [0, 0.05) is 12.6 Å². The van der Waals surface area contributed by atoms with Gasteiger partial charge in [-0.2, -0.15) is 0 Å². The van der Waals surface area contributed by atoms with Gasteiger partial charge in [0.25, 0.3) is 0 Å². The average Bonchev–Trinajstić information content (AvgIpc) is 2.29. The predicted molar refractivity (Wildman–Crippen MR) is 77.8 cm³/mol. The summed E-state index contributed by atoms with van der Waals surface area (Å²) in [5, 5.41) is 13.0. The molecule has 0 saturated heterocycles. The fourth-order valence-electron chi connectivity index (χ4n) is 3.09. The van der Waals surface area contributed by atoms with Gasteiger partial charge in [0.1, 0.15) is 0 Å². The highest BCUT2D eigenvalue weighted by Crippen LogP contribution is 2.36. The Kier molecular flexibility index (Phi) is 5.63. The molecule has 1 aliphatic carbocycles. The van der Waals surface area contributed by atoms with Crippen LogP contribution in [0.1, 0.15) is 53.4 Å². The normalized spacial score (nSPS) is 24.2. The molecule has 0 radical (unpaired) electrons. The van der Waals surface area contributed by atoms with E-state index in [4.69, 9.17) is 0 Å². The van der Waals surface area contributed by atoms with E-state index in [1.807, 2.05) is 0 Å². The van der Waals surface area contributed by atoms with E-state index < -0.39 is 0 Å². The average molecular weight is 256 g/mol. The molecule has 1 unspecified atom stereocenters. The highest BCUT2D eigenvalue weighted by molar-refractivity contribution is 4.89. The van der Waals surface area contributed by atoms with Gasteiger partial charge in [-0.05, 0) is 51.6 Å². The predicted octanol–water partition coefficient (Wildman–Crippen LogP) is 2.25. The van der Waals surface area contributed by atoms with Crippen molar-refractivity contribution in [3.05, 3.63) is 0 Å². The summed E-state index contributed by atoms with van der Waals surface area (Å²) in [5.41, 5.74) is 0.357. The highest BCUT2D eigenvalue weighted by atomic mass is 16.3. The Bertz CT molecular complexity index is 245. The van der Waals surface area contributed by atoms with Crippen molar-refractivity contribution in [2.45, 2.75) is 65.0 Å². The summed E-state index contributed by atoms with van der Waals surface area (Å²) in [6, 6.07) is 0.683. The van der Waals surface area contributed by atoms with Crippen molar-refractivity contribution in [1.82, 2.24) is 10.2 Å². The number of hydrogen-bond acceptors (Lipinski definition) is 3. The van der Waals surface area contributed by atoms with Gasteiger partial charge in [-0.15, -0.1) is 0 Å². The smallest absolute Gasteiger partial charge is 0.0623 e. The molecule has 1 rings (SSSR count). The Morgan fingerprint density at radius 1 is 1.33 bits per heavy atom. The first-order valence-corrected chi connectivity index (χ1v) is 7.38. The van der Waals surface area contributed by atoms with Crippen molar-refractivity contribution in [3.8, 4) is 0 Å². The van der Waals surface area contributed by atoms with Gasteiger partial charge in [-0.3, -0.25) is 0 Å². The van der Waals surface area contributed by atoms with E-state index in [1.165, 1.54) is 25.7 Å². The first-order chi connectivity index (χ1) is 8.32. The third-order valence-corrected chi connectivity index (χ3v) is 4.48. The van der Waals surface area contributed by atoms with E-state index in [1.54, 1.807) is 0 Å². The minimum absolute atomic E-state index is 0.170. The number of aliphatic hydroxyl groups is 1. The van der Waals surface area contributed by atoms with Crippen LogP contribution in [-0.4, -0.2) is 48.3 Å². The molecular formula is C15H32N2O. The van der Waals surface area contributed by atoms with E-state index in [2.05, 4.69) is 45.0 Å². The van der Waals surface area contributed by atoms with Gasteiger partial charge in [0.05, 0.1) is 12.1 Å². The Hall–Kier alpha value is -0.120. The summed E-state index contributed by atoms with van der Waals surface area (Å²) in [6.07, 6.45) is 5.21. The van der Waals surface area contributed by atoms with Crippen LogP contribution in [-0.2, 0) is 0 Å². The Morgan fingerprint density at radius 2 is 1.89 bits per heavy atom. The third kappa shape index (κ3) is 4.52. The SMILES string of the molecule is CCNC(C)(CO)CN(C)C1CCC(C)(C)CC1. The lowest BCUT2D eigenvalue weighted by atomic mass is 9.75. The van der Waals surface area contributed by atoms with Crippen LogP contribution < -0.4 is 5.32 Å². The summed E-state index contributed by atoms with van der Waals surface area (Å²) in [4.78, 5) is 2.44. The Labute approximate surface area is 113 Å². The highest BCUT2D eigenvalue weighted by Gasteiger charge is 2.32. The maximum Gasteiger partial charge on any atom is 0.0623 e. The summed E-state index contributed by atoms with van der Waals surface area (Å²) in [5.74, 6) is 0. The molecule has 0 aromatic rings. The topological polar surface area (TPSA) is 35.5 Å². The van der Waals surface area contributed by atoms with Crippen molar-refractivity contribution in [1.29, 1.82) is 0 Å². The molecule has 0 amide bonds. The first-order valence-electron chi connectivity index (χ1n) is 7.38. The second-order valence-corrected chi connectivity index (χ2v) is 7.06. The molecule has 0 heterocycles. The second kappa shape index (κ2) is 6.36. The number of likely N-dealkylation sites (N-methyl/N-ethyl adjacent to an activating group) is 2. The van der Waals surface area contributed by atoms with Crippen LogP contribution in [0.5, 0.6) is 0 Å². The molecule has 0 bridgehead atoms. The molecular weight excluding hydrogens is 224 g/mol. The summed E-state index contributed by atoms with van der Waals surface area (Å²) in [7, 11) is 2.20. The molecule has 0 aromatic carbocycles. The van der Waals surface area contributed by atoms with E-state index in [9.17, 15) is 5.11 Å². The summed E-state index contributed by atoms with van der Waals surface area (Å²) < 4.78 is 0. The van der Waals surface area contributed by atoms with Crippen molar-refractivity contribution < 1.29 is 5.11 Å². The fraction of sp³-hybridized carbons (Fsp3) is 1.00. The minimum Gasteiger partial charge on any atom is -0.394 e. The largest absolute Gasteiger partial charge is 0.394 e. The fourth-order valence-corrected chi connectivity index (χ4v) is 3.09. The van der Waals surface area contributed by atoms with Crippen LogP contribution in [0.15, 0.2) is 0 Å². The molecule has 2 N–H and O–H groups in total. The van der Waals surface area contributed by atoms with Gasteiger partial charge in [0.2, 0.25) is 0 Å². The van der Waals surface area contributed by atoms with E-state index >= 15 is 0 Å².